The van der Waals surface area contributed by atoms with Gasteiger partial charge in [-0.05, 0) is 49.2 Å². The van der Waals surface area contributed by atoms with Crippen molar-refractivity contribution in [3.8, 4) is 11.4 Å². The topological polar surface area (TPSA) is 73.8 Å². The van der Waals surface area contributed by atoms with E-state index in [1.165, 1.54) is 11.8 Å². The fourth-order valence-corrected chi connectivity index (χ4v) is 4.07. The number of aromatic nitrogens is 4. The molecular weight excluding hydrogens is 396 g/mol. The Balaban J connectivity index is 1.43. The van der Waals surface area contributed by atoms with Crippen molar-refractivity contribution in [2.24, 2.45) is 0 Å². The minimum atomic E-state index is 0.0167. The fourth-order valence-electron chi connectivity index (χ4n) is 3.04. The van der Waals surface area contributed by atoms with Gasteiger partial charge in [0.05, 0.1) is 16.7 Å². The van der Waals surface area contributed by atoms with E-state index in [2.05, 4.69) is 10.1 Å². The summed E-state index contributed by atoms with van der Waals surface area (Å²) in [6.07, 6.45) is 2.02. The highest BCUT2D eigenvalue weighted by molar-refractivity contribution is 7.98. The van der Waals surface area contributed by atoms with Crippen molar-refractivity contribution in [1.29, 1.82) is 0 Å². The molecule has 1 aliphatic rings. The SMILES string of the molecule is O=c1c2ccccc2nc(SCc2nc(-c3ccc(Cl)cc3)no2)n1C1CC1. The number of benzene rings is 2. The molecule has 0 aliphatic heterocycles. The van der Waals surface area contributed by atoms with Gasteiger partial charge in [-0.15, -0.1) is 0 Å². The van der Waals surface area contributed by atoms with Crippen LogP contribution in [0.1, 0.15) is 24.8 Å². The van der Waals surface area contributed by atoms with Crippen molar-refractivity contribution in [2.75, 3.05) is 0 Å². The number of thioether (sulfide) groups is 1. The van der Waals surface area contributed by atoms with Gasteiger partial charge in [0.1, 0.15) is 0 Å². The number of halogens is 1. The summed E-state index contributed by atoms with van der Waals surface area (Å²) in [5, 5.41) is 6.04. The van der Waals surface area contributed by atoms with E-state index < -0.39 is 0 Å². The summed E-state index contributed by atoms with van der Waals surface area (Å²) in [4.78, 5) is 22.1. The van der Waals surface area contributed by atoms with Crippen molar-refractivity contribution >= 4 is 34.3 Å². The van der Waals surface area contributed by atoms with Crippen molar-refractivity contribution in [2.45, 2.75) is 29.8 Å². The van der Waals surface area contributed by atoms with Crippen molar-refractivity contribution < 1.29 is 4.52 Å². The van der Waals surface area contributed by atoms with Crippen LogP contribution in [0.5, 0.6) is 0 Å². The molecule has 2 aromatic heterocycles. The molecule has 0 saturated heterocycles. The maximum absolute atomic E-state index is 12.9. The minimum absolute atomic E-state index is 0.0167. The van der Waals surface area contributed by atoms with Crippen molar-refractivity contribution in [3.05, 3.63) is 69.8 Å². The van der Waals surface area contributed by atoms with Crippen LogP contribution >= 0.6 is 23.4 Å². The zero-order valence-corrected chi connectivity index (χ0v) is 16.3. The summed E-state index contributed by atoms with van der Waals surface area (Å²) in [5.41, 5.74) is 1.56. The quantitative estimate of drug-likeness (QED) is 0.350. The van der Waals surface area contributed by atoms with E-state index in [0.717, 1.165) is 18.4 Å². The Morgan fingerprint density at radius 1 is 1.11 bits per heavy atom. The van der Waals surface area contributed by atoms with Crippen LogP contribution in [0.25, 0.3) is 22.3 Å². The second-order valence-corrected chi connectivity index (χ2v) is 8.00. The lowest BCUT2D eigenvalue weighted by Crippen LogP contribution is -2.22. The number of hydrogen-bond acceptors (Lipinski definition) is 6. The smallest absolute Gasteiger partial charge is 0.262 e. The Bertz CT molecular complexity index is 1220. The first kappa shape index (κ1) is 17.5. The lowest BCUT2D eigenvalue weighted by molar-refractivity contribution is 0.391. The molecule has 6 nitrogen and oxygen atoms in total. The molecule has 1 saturated carbocycles. The van der Waals surface area contributed by atoms with Gasteiger partial charge in [-0.1, -0.05) is 40.7 Å². The zero-order valence-electron chi connectivity index (χ0n) is 14.7. The van der Waals surface area contributed by atoms with Gasteiger partial charge >= 0.3 is 0 Å². The van der Waals surface area contributed by atoms with Crippen LogP contribution in [0.3, 0.4) is 0 Å². The lowest BCUT2D eigenvalue weighted by Gasteiger charge is -2.11. The van der Waals surface area contributed by atoms with Crippen LogP contribution in [0.15, 0.2) is 63.0 Å². The summed E-state index contributed by atoms with van der Waals surface area (Å²) in [5.74, 6) is 1.44. The largest absolute Gasteiger partial charge is 0.338 e. The molecule has 1 aliphatic carbocycles. The Kier molecular flexibility index (Phi) is 4.41. The molecule has 28 heavy (non-hydrogen) atoms. The summed E-state index contributed by atoms with van der Waals surface area (Å²) in [6.45, 7) is 0. The molecule has 0 atom stereocenters. The summed E-state index contributed by atoms with van der Waals surface area (Å²) < 4.78 is 7.18. The maximum atomic E-state index is 12.9. The van der Waals surface area contributed by atoms with Gasteiger partial charge in [-0.25, -0.2) is 4.98 Å². The Labute approximate surface area is 169 Å². The minimum Gasteiger partial charge on any atom is -0.338 e. The van der Waals surface area contributed by atoms with Gasteiger partial charge < -0.3 is 4.52 Å². The van der Waals surface area contributed by atoms with Crippen LogP contribution < -0.4 is 5.56 Å². The average Bonchev–Trinajstić information content (AvgIpc) is 3.43. The van der Waals surface area contributed by atoms with Gasteiger partial charge in [0.25, 0.3) is 5.56 Å². The number of para-hydroxylation sites is 1. The molecule has 8 heteroatoms. The Hall–Kier alpha value is -2.64. The highest BCUT2D eigenvalue weighted by atomic mass is 35.5. The van der Waals surface area contributed by atoms with E-state index in [-0.39, 0.29) is 11.6 Å². The van der Waals surface area contributed by atoms with Crippen LogP contribution in [0.2, 0.25) is 5.02 Å². The van der Waals surface area contributed by atoms with Crippen LogP contribution in [0, 0.1) is 0 Å². The summed E-state index contributed by atoms with van der Waals surface area (Å²) in [7, 11) is 0. The number of fused-ring (bicyclic) bond motifs is 1. The van der Waals surface area contributed by atoms with Gasteiger partial charge in [-0.2, -0.15) is 4.98 Å². The number of hydrogen-bond donors (Lipinski definition) is 0. The Morgan fingerprint density at radius 3 is 2.68 bits per heavy atom. The lowest BCUT2D eigenvalue weighted by atomic mass is 10.2. The molecule has 0 bridgehead atoms. The maximum Gasteiger partial charge on any atom is 0.262 e. The van der Waals surface area contributed by atoms with Crippen LogP contribution in [-0.2, 0) is 5.75 Å². The molecule has 0 radical (unpaired) electrons. The molecule has 5 rings (SSSR count). The van der Waals surface area contributed by atoms with E-state index in [1.54, 1.807) is 12.1 Å². The standard InChI is InChI=1S/C20H15ClN4O2S/c21-13-7-5-12(6-8-13)18-23-17(27-24-18)11-28-20-22-16-4-2-1-3-15(16)19(26)25(20)14-9-10-14/h1-8,14H,9-11H2. The second-order valence-electron chi connectivity index (χ2n) is 6.63. The predicted octanol–water partition coefficient (Wildman–Crippen LogP) is 4.73. The molecule has 0 amide bonds. The summed E-state index contributed by atoms with van der Waals surface area (Å²) >= 11 is 7.36. The summed E-state index contributed by atoms with van der Waals surface area (Å²) in [6, 6.07) is 15.0. The van der Waals surface area contributed by atoms with E-state index >= 15 is 0 Å². The van der Waals surface area contributed by atoms with Crippen LogP contribution in [0.4, 0.5) is 0 Å². The molecule has 0 N–H and O–H groups in total. The van der Waals surface area contributed by atoms with E-state index in [9.17, 15) is 4.79 Å². The molecule has 1 fully saturated rings. The molecule has 2 heterocycles. The highest BCUT2D eigenvalue weighted by Crippen LogP contribution is 2.37. The third-order valence-corrected chi connectivity index (χ3v) is 5.77. The van der Waals surface area contributed by atoms with E-state index in [0.29, 0.717) is 38.5 Å². The van der Waals surface area contributed by atoms with Crippen molar-refractivity contribution in [3.63, 3.8) is 0 Å². The monoisotopic (exact) mass is 410 g/mol. The molecule has 140 valence electrons. The van der Waals surface area contributed by atoms with E-state index in [1.807, 2.05) is 41.0 Å². The number of nitrogens with zero attached hydrogens (tertiary/aromatic N) is 4. The third kappa shape index (κ3) is 3.31. The van der Waals surface area contributed by atoms with Gasteiger partial charge in [0.15, 0.2) is 5.16 Å². The fraction of sp³-hybridized carbons (Fsp3) is 0.200. The van der Waals surface area contributed by atoms with Gasteiger partial charge in [-0.3, -0.25) is 9.36 Å². The normalized spacial score (nSPS) is 13.9. The third-order valence-electron chi connectivity index (χ3n) is 4.58. The van der Waals surface area contributed by atoms with Crippen molar-refractivity contribution in [1.82, 2.24) is 19.7 Å². The molecule has 2 aromatic carbocycles. The van der Waals surface area contributed by atoms with Crippen LogP contribution in [-0.4, -0.2) is 19.7 Å². The Morgan fingerprint density at radius 2 is 1.89 bits per heavy atom. The second kappa shape index (κ2) is 7.07. The average molecular weight is 411 g/mol. The zero-order chi connectivity index (χ0) is 19.1. The molecule has 0 spiro atoms. The highest BCUT2D eigenvalue weighted by Gasteiger charge is 2.28. The molecule has 4 aromatic rings. The molecular formula is C20H15ClN4O2S. The first-order valence-corrected chi connectivity index (χ1v) is 10.3. The molecule has 0 unspecified atom stereocenters. The van der Waals surface area contributed by atoms with Gasteiger partial charge in [0, 0.05) is 16.6 Å². The van der Waals surface area contributed by atoms with Gasteiger partial charge in [0.2, 0.25) is 11.7 Å². The number of rotatable bonds is 5. The first-order chi connectivity index (χ1) is 13.7. The van der Waals surface area contributed by atoms with E-state index in [4.69, 9.17) is 21.1 Å². The first-order valence-electron chi connectivity index (χ1n) is 8.91. The predicted molar refractivity (Wildman–Crippen MR) is 109 cm³/mol.